The molecule has 2 N–H and O–H groups in total. The Morgan fingerprint density at radius 2 is 1.58 bits per heavy atom. The average Bonchev–Trinajstić information content (AvgIpc) is 3.66. The predicted molar refractivity (Wildman–Crippen MR) is 149 cm³/mol. The maximum atomic E-state index is 13.4. The number of hydrogen-bond acceptors (Lipinski definition) is 5. The van der Waals surface area contributed by atoms with Gasteiger partial charge >= 0.3 is 0 Å². The highest BCUT2D eigenvalue weighted by atomic mass is 16.2. The normalized spacial score (nSPS) is 18.3. The molecule has 0 atom stereocenters. The van der Waals surface area contributed by atoms with Gasteiger partial charge in [0.1, 0.15) is 11.6 Å². The minimum atomic E-state index is -0.0245. The number of imidazole rings is 2. The van der Waals surface area contributed by atoms with Crippen molar-refractivity contribution in [3.63, 3.8) is 0 Å². The zero-order chi connectivity index (χ0) is 26.4. The first kappa shape index (κ1) is 26.6. The Balaban J connectivity index is 1.17. The lowest BCUT2D eigenvalue weighted by atomic mass is 9.72. The van der Waals surface area contributed by atoms with Crippen LogP contribution >= 0.6 is 0 Å². The maximum Gasteiger partial charge on any atom is 0.254 e. The molecule has 38 heavy (non-hydrogen) atoms. The van der Waals surface area contributed by atoms with Gasteiger partial charge in [-0.15, -0.1) is 0 Å². The summed E-state index contributed by atoms with van der Waals surface area (Å²) in [7, 11) is 0. The first-order valence-electron chi connectivity index (χ1n) is 14.4. The van der Waals surface area contributed by atoms with Crippen LogP contribution in [0.25, 0.3) is 0 Å². The lowest BCUT2D eigenvalue weighted by molar-refractivity contribution is 0.00240. The first-order chi connectivity index (χ1) is 18.6. The van der Waals surface area contributed by atoms with E-state index in [0.29, 0.717) is 24.1 Å². The van der Waals surface area contributed by atoms with Crippen LogP contribution in [0.3, 0.4) is 0 Å². The van der Waals surface area contributed by atoms with Gasteiger partial charge in [-0.3, -0.25) is 14.6 Å². The molecule has 2 aromatic heterocycles. The summed E-state index contributed by atoms with van der Waals surface area (Å²) in [6.45, 7) is 11.3. The van der Waals surface area contributed by atoms with Gasteiger partial charge in [-0.2, -0.15) is 0 Å². The van der Waals surface area contributed by atoms with Crippen LogP contribution in [-0.4, -0.2) is 72.8 Å². The Morgan fingerprint density at radius 1 is 0.947 bits per heavy atom. The molecule has 0 bridgehead atoms. The number of piperidine rings is 2. The number of benzene rings is 1. The zero-order valence-corrected chi connectivity index (χ0v) is 23.0. The third kappa shape index (κ3) is 6.35. The molecule has 2 fully saturated rings. The van der Waals surface area contributed by atoms with E-state index < -0.39 is 0 Å². The van der Waals surface area contributed by atoms with Gasteiger partial charge in [-0.05, 0) is 81.3 Å². The van der Waals surface area contributed by atoms with Gasteiger partial charge in [-0.25, -0.2) is 9.97 Å². The number of aromatic amines is 2. The number of rotatable bonds is 10. The predicted octanol–water partition coefficient (Wildman–Crippen LogP) is 4.84. The summed E-state index contributed by atoms with van der Waals surface area (Å²) in [4.78, 5) is 35.4. The lowest BCUT2D eigenvalue weighted by Gasteiger charge is -2.49. The molecule has 2 aliphatic heterocycles. The van der Waals surface area contributed by atoms with Crippen LogP contribution in [0.2, 0.25) is 0 Å². The van der Waals surface area contributed by atoms with Gasteiger partial charge in [0.2, 0.25) is 0 Å². The number of aromatic nitrogens is 4. The van der Waals surface area contributed by atoms with Gasteiger partial charge in [0.25, 0.3) is 5.91 Å². The molecule has 5 rings (SSSR count). The molecule has 2 saturated heterocycles. The van der Waals surface area contributed by atoms with E-state index >= 15 is 0 Å². The monoisotopic (exact) mass is 517 g/mol. The third-order valence-corrected chi connectivity index (χ3v) is 8.75. The molecule has 1 amide bonds. The summed E-state index contributed by atoms with van der Waals surface area (Å²) in [5.41, 5.74) is 2.47. The minimum absolute atomic E-state index is 0.0245. The zero-order valence-electron chi connectivity index (χ0n) is 23.0. The van der Waals surface area contributed by atoms with Crippen molar-refractivity contribution in [2.75, 3.05) is 26.2 Å². The number of amides is 1. The number of H-pyrrole nitrogens is 2. The Bertz CT molecular complexity index is 1080. The molecular weight excluding hydrogens is 474 g/mol. The van der Waals surface area contributed by atoms with Gasteiger partial charge in [0, 0.05) is 49.5 Å². The van der Waals surface area contributed by atoms with E-state index in [4.69, 9.17) is 0 Å². The van der Waals surface area contributed by atoms with Crippen molar-refractivity contribution >= 4 is 5.91 Å². The van der Waals surface area contributed by atoms with Crippen LogP contribution in [0.1, 0.15) is 79.9 Å². The van der Waals surface area contributed by atoms with E-state index in [1.807, 2.05) is 12.1 Å². The molecule has 8 nitrogen and oxygen atoms in total. The van der Waals surface area contributed by atoms with Crippen molar-refractivity contribution in [1.29, 1.82) is 0 Å². The molecule has 1 aromatic carbocycles. The third-order valence-electron chi connectivity index (χ3n) is 8.75. The minimum Gasteiger partial charge on any atom is -0.347 e. The van der Waals surface area contributed by atoms with Crippen LogP contribution in [0.4, 0.5) is 0 Å². The van der Waals surface area contributed by atoms with Crippen LogP contribution in [0, 0.1) is 5.41 Å². The van der Waals surface area contributed by atoms with Crippen LogP contribution in [-0.2, 0) is 19.6 Å². The molecule has 4 heterocycles. The Morgan fingerprint density at radius 3 is 2.13 bits per heavy atom. The fourth-order valence-corrected chi connectivity index (χ4v) is 6.48. The second-order valence-corrected chi connectivity index (χ2v) is 11.3. The smallest absolute Gasteiger partial charge is 0.254 e. The van der Waals surface area contributed by atoms with Crippen molar-refractivity contribution < 1.29 is 4.79 Å². The number of nitrogens with zero attached hydrogens (tertiary/aromatic N) is 5. The fraction of sp³-hybridized carbons (Fsp3) is 0.567. The number of nitrogens with one attached hydrogen (secondary N) is 2. The van der Waals surface area contributed by atoms with Crippen molar-refractivity contribution in [1.82, 2.24) is 34.6 Å². The molecule has 0 unspecified atom stereocenters. The topological polar surface area (TPSA) is 84.2 Å². The van der Waals surface area contributed by atoms with Crippen molar-refractivity contribution in [3.05, 3.63) is 71.8 Å². The van der Waals surface area contributed by atoms with Crippen molar-refractivity contribution in [2.24, 2.45) is 5.41 Å². The average molecular weight is 518 g/mol. The van der Waals surface area contributed by atoms with Crippen LogP contribution in [0.15, 0.2) is 49.1 Å². The summed E-state index contributed by atoms with van der Waals surface area (Å²) < 4.78 is 0. The molecule has 8 heteroatoms. The van der Waals surface area contributed by atoms with Gasteiger partial charge in [0.15, 0.2) is 0 Å². The quantitative estimate of drug-likeness (QED) is 0.402. The summed E-state index contributed by atoms with van der Waals surface area (Å²) in [6, 6.07) is 8.92. The fourth-order valence-electron chi connectivity index (χ4n) is 6.48. The standard InChI is InChI=1S/C30H43N7O/c1-3-26(4-2)36-17-5-10-30(23-36)11-18-35(19-12-30)20-24-6-8-25(9-7-24)29(38)37(21-27-31-13-14-32-27)22-28-33-15-16-34-28/h6-9,13-16,26H,3-5,10-12,17-23H2,1-2H3,(H,31,32)(H,33,34). The largest absolute Gasteiger partial charge is 0.347 e. The summed E-state index contributed by atoms with van der Waals surface area (Å²) >= 11 is 0. The summed E-state index contributed by atoms with van der Waals surface area (Å²) in [5.74, 6) is 1.49. The van der Waals surface area contributed by atoms with Crippen LogP contribution < -0.4 is 0 Å². The van der Waals surface area contributed by atoms with E-state index in [-0.39, 0.29) is 5.91 Å². The summed E-state index contributed by atoms with van der Waals surface area (Å²) in [6.07, 6.45) is 14.8. The van der Waals surface area contributed by atoms with E-state index in [1.165, 1.54) is 57.2 Å². The Hall–Kier alpha value is -2.97. The Kier molecular flexibility index (Phi) is 8.59. The molecule has 0 saturated carbocycles. The highest BCUT2D eigenvalue weighted by Gasteiger charge is 2.39. The molecular formula is C30H43N7O. The molecule has 0 radical (unpaired) electrons. The SMILES string of the molecule is CCC(CC)N1CCCC2(CCN(Cc3ccc(C(=O)N(Cc4ncc[nH]4)Cc4ncc[nH]4)cc3)CC2)C1. The van der Waals surface area contributed by atoms with Crippen LogP contribution in [0.5, 0.6) is 0 Å². The number of carbonyl (C=O) groups is 1. The van der Waals surface area contributed by atoms with E-state index in [1.54, 1.807) is 29.7 Å². The highest BCUT2D eigenvalue weighted by molar-refractivity contribution is 5.94. The highest BCUT2D eigenvalue weighted by Crippen LogP contribution is 2.41. The maximum absolute atomic E-state index is 13.4. The van der Waals surface area contributed by atoms with Gasteiger partial charge in [0.05, 0.1) is 13.1 Å². The second kappa shape index (κ2) is 12.3. The molecule has 3 aromatic rings. The van der Waals surface area contributed by atoms with E-state index in [9.17, 15) is 4.79 Å². The van der Waals surface area contributed by atoms with Crippen molar-refractivity contribution in [3.8, 4) is 0 Å². The number of likely N-dealkylation sites (tertiary alicyclic amines) is 2. The molecule has 204 valence electrons. The van der Waals surface area contributed by atoms with Crippen molar-refractivity contribution in [2.45, 2.75) is 78.0 Å². The first-order valence-corrected chi connectivity index (χ1v) is 14.4. The number of carbonyl (C=O) groups excluding carboxylic acids is 1. The van der Waals surface area contributed by atoms with E-state index in [2.05, 4.69) is 55.7 Å². The lowest BCUT2D eigenvalue weighted by Crippen LogP contribution is -2.51. The Labute approximate surface area is 226 Å². The molecule has 0 aliphatic carbocycles. The van der Waals surface area contributed by atoms with Gasteiger partial charge < -0.3 is 14.9 Å². The van der Waals surface area contributed by atoms with E-state index in [0.717, 1.165) is 37.3 Å². The molecule has 2 aliphatic rings. The number of hydrogen-bond donors (Lipinski definition) is 2. The van der Waals surface area contributed by atoms with Gasteiger partial charge in [-0.1, -0.05) is 26.0 Å². The second-order valence-electron chi connectivity index (χ2n) is 11.3. The summed E-state index contributed by atoms with van der Waals surface area (Å²) in [5, 5.41) is 0. The molecule has 1 spiro atoms.